The molecule has 2 rings (SSSR count). The highest BCUT2D eigenvalue weighted by Gasteiger charge is 2.27. The summed E-state index contributed by atoms with van der Waals surface area (Å²) in [5.74, 6) is -4.00. The molecule has 0 aliphatic heterocycles. The zero-order valence-electron chi connectivity index (χ0n) is 11.7. The first-order chi connectivity index (χ1) is 9.95. The van der Waals surface area contributed by atoms with Gasteiger partial charge < -0.3 is 0 Å². The number of nitriles is 1. The Morgan fingerprint density at radius 1 is 1.10 bits per heavy atom. The van der Waals surface area contributed by atoms with Crippen molar-refractivity contribution < 1.29 is 13.6 Å². The van der Waals surface area contributed by atoms with Crippen LogP contribution >= 0.6 is 0 Å². The van der Waals surface area contributed by atoms with Gasteiger partial charge in [0.05, 0.1) is 11.6 Å². The molecule has 0 saturated heterocycles. The Bertz CT molecular complexity index is 727. The van der Waals surface area contributed by atoms with Crippen molar-refractivity contribution in [2.45, 2.75) is 19.8 Å². The fourth-order valence-corrected chi connectivity index (χ4v) is 2.11. The standard InChI is InChI=1S/C17H13F2NO/c1-10-6-7-12(8-11(10)2)13(9-20)17(21)16-14(18)4-3-5-15(16)19/h3-8,13H,1-2H3. The topological polar surface area (TPSA) is 40.9 Å². The van der Waals surface area contributed by atoms with E-state index in [1.54, 1.807) is 18.2 Å². The van der Waals surface area contributed by atoms with Crippen molar-refractivity contribution in [3.63, 3.8) is 0 Å². The first kappa shape index (κ1) is 14.9. The van der Waals surface area contributed by atoms with Gasteiger partial charge in [0.1, 0.15) is 17.6 Å². The largest absolute Gasteiger partial charge is 0.292 e. The third-order valence-corrected chi connectivity index (χ3v) is 3.46. The predicted octanol–water partition coefficient (Wildman–Crippen LogP) is 4.07. The number of hydrogen-bond acceptors (Lipinski definition) is 2. The lowest BCUT2D eigenvalue weighted by molar-refractivity contribution is 0.0970. The molecule has 0 aromatic heterocycles. The summed E-state index contributed by atoms with van der Waals surface area (Å²) in [6, 6.07) is 10.1. The van der Waals surface area contributed by atoms with Crippen LogP contribution in [0.4, 0.5) is 8.78 Å². The molecular weight excluding hydrogens is 272 g/mol. The maximum Gasteiger partial charge on any atom is 0.190 e. The van der Waals surface area contributed by atoms with Crippen molar-refractivity contribution in [1.29, 1.82) is 5.26 Å². The molecule has 21 heavy (non-hydrogen) atoms. The maximum absolute atomic E-state index is 13.7. The lowest BCUT2D eigenvalue weighted by Crippen LogP contribution is -2.15. The van der Waals surface area contributed by atoms with Crippen molar-refractivity contribution in [3.05, 3.63) is 70.3 Å². The predicted molar refractivity (Wildman–Crippen MR) is 75.0 cm³/mol. The first-order valence-corrected chi connectivity index (χ1v) is 6.40. The van der Waals surface area contributed by atoms with Gasteiger partial charge in [-0.3, -0.25) is 4.79 Å². The van der Waals surface area contributed by atoms with Gasteiger partial charge in [0.25, 0.3) is 0 Å². The van der Waals surface area contributed by atoms with Crippen LogP contribution in [-0.4, -0.2) is 5.78 Å². The van der Waals surface area contributed by atoms with Gasteiger partial charge in [-0.05, 0) is 42.7 Å². The minimum atomic E-state index is -1.23. The van der Waals surface area contributed by atoms with E-state index in [-0.39, 0.29) is 0 Å². The maximum atomic E-state index is 13.7. The van der Waals surface area contributed by atoms with Crippen LogP contribution in [0.15, 0.2) is 36.4 Å². The summed E-state index contributed by atoms with van der Waals surface area (Å²) in [6.45, 7) is 3.75. The number of rotatable bonds is 3. The third kappa shape index (κ3) is 2.82. The van der Waals surface area contributed by atoms with Gasteiger partial charge in [-0.2, -0.15) is 5.26 Å². The molecule has 106 valence electrons. The second kappa shape index (κ2) is 5.84. The molecule has 2 aromatic rings. The van der Waals surface area contributed by atoms with Crippen LogP contribution in [0.1, 0.15) is 33.0 Å². The van der Waals surface area contributed by atoms with Crippen molar-refractivity contribution in [3.8, 4) is 6.07 Å². The molecule has 2 nitrogen and oxygen atoms in total. The lowest BCUT2D eigenvalue weighted by atomic mass is 9.89. The van der Waals surface area contributed by atoms with Crippen LogP contribution in [0.25, 0.3) is 0 Å². The van der Waals surface area contributed by atoms with E-state index >= 15 is 0 Å². The molecule has 0 fully saturated rings. The number of carbonyl (C=O) groups excluding carboxylic acids is 1. The highest BCUT2D eigenvalue weighted by atomic mass is 19.1. The van der Waals surface area contributed by atoms with E-state index in [0.717, 1.165) is 23.3 Å². The second-order valence-electron chi connectivity index (χ2n) is 4.87. The van der Waals surface area contributed by atoms with Crippen LogP contribution in [0, 0.1) is 36.8 Å². The van der Waals surface area contributed by atoms with Gasteiger partial charge in [-0.25, -0.2) is 8.78 Å². The minimum Gasteiger partial charge on any atom is -0.292 e. The summed E-state index contributed by atoms with van der Waals surface area (Å²) in [5, 5.41) is 9.24. The fourth-order valence-electron chi connectivity index (χ4n) is 2.11. The van der Waals surface area contributed by atoms with Gasteiger partial charge in [-0.1, -0.05) is 24.3 Å². The molecule has 0 saturated carbocycles. The quantitative estimate of drug-likeness (QED) is 0.797. The Hall–Kier alpha value is -2.54. The highest BCUT2D eigenvalue weighted by molar-refractivity contribution is 6.03. The van der Waals surface area contributed by atoms with E-state index in [1.807, 2.05) is 19.9 Å². The average Bonchev–Trinajstić information content (AvgIpc) is 2.43. The number of benzene rings is 2. The molecule has 0 bridgehead atoms. The number of carbonyl (C=O) groups is 1. The van der Waals surface area contributed by atoms with Crippen LogP contribution in [-0.2, 0) is 0 Å². The number of ketones is 1. The number of hydrogen-bond donors (Lipinski definition) is 0. The molecule has 0 heterocycles. The van der Waals surface area contributed by atoms with E-state index in [9.17, 15) is 18.8 Å². The molecule has 0 amide bonds. The van der Waals surface area contributed by atoms with Gasteiger partial charge >= 0.3 is 0 Å². The summed E-state index contributed by atoms with van der Waals surface area (Å²) in [7, 11) is 0. The van der Waals surface area contributed by atoms with Gasteiger partial charge in [0.2, 0.25) is 0 Å². The SMILES string of the molecule is Cc1ccc(C(C#N)C(=O)c2c(F)cccc2F)cc1C. The van der Waals surface area contributed by atoms with Crippen LogP contribution in [0.3, 0.4) is 0 Å². The van der Waals surface area contributed by atoms with Crippen LogP contribution in [0.5, 0.6) is 0 Å². The molecule has 0 aliphatic carbocycles. The van der Waals surface area contributed by atoms with Crippen LogP contribution < -0.4 is 0 Å². The molecule has 0 aliphatic rings. The summed E-state index contributed by atoms with van der Waals surface area (Å²) in [5.41, 5.74) is 1.70. The van der Waals surface area contributed by atoms with E-state index in [4.69, 9.17) is 0 Å². The summed E-state index contributed by atoms with van der Waals surface area (Å²) >= 11 is 0. The monoisotopic (exact) mass is 285 g/mol. The van der Waals surface area contributed by atoms with E-state index in [0.29, 0.717) is 5.56 Å². The first-order valence-electron chi connectivity index (χ1n) is 6.40. The smallest absolute Gasteiger partial charge is 0.190 e. The third-order valence-electron chi connectivity index (χ3n) is 3.46. The molecule has 0 radical (unpaired) electrons. The van der Waals surface area contributed by atoms with Crippen molar-refractivity contribution in [2.75, 3.05) is 0 Å². The molecule has 1 unspecified atom stereocenters. The minimum absolute atomic E-state index is 0.438. The van der Waals surface area contributed by atoms with Crippen LogP contribution in [0.2, 0.25) is 0 Å². The number of nitrogens with zero attached hydrogens (tertiary/aromatic N) is 1. The van der Waals surface area contributed by atoms with Gasteiger partial charge in [0.15, 0.2) is 5.78 Å². The van der Waals surface area contributed by atoms with Crippen molar-refractivity contribution in [2.24, 2.45) is 0 Å². The fraction of sp³-hybridized carbons (Fsp3) is 0.176. The Morgan fingerprint density at radius 3 is 2.24 bits per heavy atom. The Balaban J connectivity index is 2.49. The van der Waals surface area contributed by atoms with E-state index in [1.165, 1.54) is 6.07 Å². The molecule has 2 aromatic carbocycles. The van der Waals surface area contributed by atoms with Crippen molar-refractivity contribution in [1.82, 2.24) is 0 Å². The van der Waals surface area contributed by atoms with E-state index < -0.39 is 28.9 Å². The zero-order valence-corrected chi connectivity index (χ0v) is 11.7. The normalized spacial score (nSPS) is 11.8. The summed E-state index contributed by atoms with van der Waals surface area (Å²) in [4.78, 5) is 12.3. The van der Waals surface area contributed by atoms with E-state index in [2.05, 4.69) is 0 Å². The van der Waals surface area contributed by atoms with Crippen molar-refractivity contribution >= 4 is 5.78 Å². The molecule has 4 heteroatoms. The zero-order chi connectivity index (χ0) is 15.6. The molecular formula is C17H13F2NO. The number of aryl methyl sites for hydroxylation is 2. The Morgan fingerprint density at radius 2 is 1.71 bits per heavy atom. The average molecular weight is 285 g/mol. The number of halogens is 2. The summed E-state index contributed by atoms with van der Waals surface area (Å²) < 4.78 is 27.4. The lowest BCUT2D eigenvalue weighted by Gasteiger charge is -2.12. The molecule has 0 N–H and O–H groups in total. The highest BCUT2D eigenvalue weighted by Crippen LogP contribution is 2.25. The van der Waals surface area contributed by atoms with Gasteiger partial charge in [0, 0.05) is 0 Å². The Kier molecular flexibility index (Phi) is 4.13. The Labute approximate surface area is 121 Å². The summed E-state index contributed by atoms with van der Waals surface area (Å²) in [6.07, 6.45) is 0. The number of Topliss-reactive ketones (excluding diaryl/α,β-unsaturated/α-hetero) is 1. The molecule has 0 spiro atoms. The second-order valence-corrected chi connectivity index (χ2v) is 4.87. The van der Waals surface area contributed by atoms with Gasteiger partial charge in [-0.15, -0.1) is 0 Å². The molecule has 1 atom stereocenters.